The van der Waals surface area contributed by atoms with Gasteiger partial charge in [0, 0.05) is 37.9 Å². The van der Waals surface area contributed by atoms with E-state index >= 15 is 0 Å². The first-order chi connectivity index (χ1) is 9.38. The Morgan fingerprint density at radius 1 is 0.842 bits per heavy atom. The van der Waals surface area contributed by atoms with Crippen LogP contribution in [-0.4, -0.2) is 33.3 Å². The van der Waals surface area contributed by atoms with Crippen molar-refractivity contribution in [1.82, 2.24) is 0 Å². The minimum Gasteiger partial charge on any atom is -0.495 e. The Kier molecular flexibility index (Phi) is 3.81. The number of methoxy groups -OCH3 is 1. The van der Waals surface area contributed by atoms with Gasteiger partial charge in [0.2, 0.25) is 0 Å². The van der Waals surface area contributed by atoms with E-state index in [2.05, 4.69) is 28.0 Å². The second kappa shape index (κ2) is 5.72. The third-order valence-electron chi connectivity index (χ3n) is 4.33. The van der Waals surface area contributed by atoms with Crippen molar-refractivity contribution in [3.63, 3.8) is 0 Å². The van der Waals surface area contributed by atoms with Gasteiger partial charge in [0.25, 0.3) is 0 Å². The Bertz CT molecular complexity index is 421. The monoisotopic (exact) mass is 260 g/mol. The second-order valence-corrected chi connectivity index (χ2v) is 5.60. The highest BCUT2D eigenvalue weighted by Crippen LogP contribution is 2.35. The average molecular weight is 260 g/mol. The van der Waals surface area contributed by atoms with E-state index in [9.17, 15) is 0 Å². The van der Waals surface area contributed by atoms with Gasteiger partial charge >= 0.3 is 0 Å². The van der Waals surface area contributed by atoms with Crippen LogP contribution in [-0.2, 0) is 0 Å². The zero-order chi connectivity index (χ0) is 13.1. The zero-order valence-electron chi connectivity index (χ0n) is 11.9. The summed E-state index contributed by atoms with van der Waals surface area (Å²) in [6, 6.07) is 6.73. The minimum atomic E-state index is 1.03. The first-order valence-electron chi connectivity index (χ1n) is 7.56. The Morgan fingerprint density at radius 3 is 2.16 bits per heavy atom. The third kappa shape index (κ3) is 2.65. The quantitative estimate of drug-likeness (QED) is 0.829. The number of ether oxygens (including phenoxy) is 1. The van der Waals surface area contributed by atoms with Gasteiger partial charge < -0.3 is 14.5 Å². The van der Waals surface area contributed by atoms with Crippen molar-refractivity contribution in [2.75, 3.05) is 43.1 Å². The molecule has 1 aromatic rings. The minimum absolute atomic E-state index is 1.03. The van der Waals surface area contributed by atoms with Crippen LogP contribution >= 0.6 is 0 Å². The number of anilines is 2. The predicted octanol–water partition coefficient (Wildman–Crippen LogP) is 3.29. The van der Waals surface area contributed by atoms with Gasteiger partial charge in [-0.3, -0.25) is 0 Å². The second-order valence-electron chi connectivity index (χ2n) is 5.60. The molecule has 0 unspecified atom stereocenters. The van der Waals surface area contributed by atoms with Crippen LogP contribution in [0.5, 0.6) is 5.75 Å². The van der Waals surface area contributed by atoms with Crippen molar-refractivity contribution >= 4 is 11.4 Å². The summed E-state index contributed by atoms with van der Waals surface area (Å²) < 4.78 is 5.62. The zero-order valence-corrected chi connectivity index (χ0v) is 11.9. The van der Waals surface area contributed by atoms with E-state index in [0.29, 0.717) is 0 Å². The highest BCUT2D eigenvalue weighted by atomic mass is 16.5. The Balaban J connectivity index is 1.83. The van der Waals surface area contributed by atoms with Crippen molar-refractivity contribution in [3.05, 3.63) is 18.2 Å². The van der Waals surface area contributed by atoms with E-state index in [0.717, 1.165) is 5.75 Å². The lowest BCUT2D eigenvalue weighted by molar-refractivity contribution is 0.414. The molecule has 2 aliphatic rings. The van der Waals surface area contributed by atoms with Crippen LogP contribution in [0.3, 0.4) is 0 Å². The van der Waals surface area contributed by atoms with Crippen molar-refractivity contribution in [2.45, 2.75) is 32.1 Å². The number of hydrogen-bond donors (Lipinski definition) is 0. The average Bonchev–Trinajstić information content (AvgIpc) is 3.01. The topological polar surface area (TPSA) is 15.7 Å². The summed E-state index contributed by atoms with van der Waals surface area (Å²) in [5.74, 6) is 1.03. The highest BCUT2D eigenvalue weighted by molar-refractivity contribution is 5.66. The fourth-order valence-electron chi connectivity index (χ4n) is 3.23. The molecular formula is C16H24N2O. The summed E-state index contributed by atoms with van der Waals surface area (Å²) >= 11 is 0. The van der Waals surface area contributed by atoms with Crippen molar-refractivity contribution in [1.29, 1.82) is 0 Å². The molecule has 0 saturated carbocycles. The van der Waals surface area contributed by atoms with Crippen LogP contribution in [0.1, 0.15) is 32.1 Å². The summed E-state index contributed by atoms with van der Waals surface area (Å²) in [7, 11) is 1.79. The molecule has 2 saturated heterocycles. The largest absolute Gasteiger partial charge is 0.495 e. The Morgan fingerprint density at radius 2 is 1.47 bits per heavy atom. The van der Waals surface area contributed by atoms with Gasteiger partial charge in [0.15, 0.2) is 0 Å². The smallest absolute Gasteiger partial charge is 0.144 e. The van der Waals surface area contributed by atoms with Gasteiger partial charge in [0.05, 0.1) is 12.8 Å². The fraction of sp³-hybridized carbons (Fsp3) is 0.625. The molecule has 2 heterocycles. The molecule has 0 radical (unpaired) electrons. The van der Waals surface area contributed by atoms with Gasteiger partial charge in [0.1, 0.15) is 5.75 Å². The molecule has 0 amide bonds. The number of hydrogen-bond acceptors (Lipinski definition) is 3. The predicted molar refractivity (Wildman–Crippen MR) is 80.5 cm³/mol. The van der Waals surface area contributed by atoms with Crippen molar-refractivity contribution in [3.8, 4) is 5.75 Å². The maximum absolute atomic E-state index is 5.62. The number of piperidine rings is 1. The molecule has 0 aromatic heterocycles. The van der Waals surface area contributed by atoms with E-state index in [4.69, 9.17) is 4.74 Å². The normalized spacial score (nSPS) is 19.8. The van der Waals surface area contributed by atoms with Crippen LogP contribution < -0.4 is 14.5 Å². The molecule has 3 heteroatoms. The lowest BCUT2D eigenvalue weighted by Gasteiger charge is -2.30. The summed E-state index contributed by atoms with van der Waals surface area (Å²) in [5.41, 5.74) is 2.58. The van der Waals surface area contributed by atoms with Crippen LogP contribution in [0.4, 0.5) is 11.4 Å². The molecular weight excluding hydrogens is 236 g/mol. The van der Waals surface area contributed by atoms with E-state index in [-0.39, 0.29) is 0 Å². The molecule has 0 bridgehead atoms. The maximum atomic E-state index is 5.62. The van der Waals surface area contributed by atoms with E-state index < -0.39 is 0 Å². The van der Waals surface area contributed by atoms with Gasteiger partial charge in [-0.05, 0) is 44.2 Å². The van der Waals surface area contributed by atoms with Crippen molar-refractivity contribution in [2.24, 2.45) is 0 Å². The summed E-state index contributed by atoms with van der Waals surface area (Å²) in [5, 5.41) is 0. The lowest BCUT2D eigenvalue weighted by atomic mass is 10.1. The third-order valence-corrected chi connectivity index (χ3v) is 4.33. The fourth-order valence-corrected chi connectivity index (χ4v) is 3.23. The van der Waals surface area contributed by atoms with E-state index in [1.54, 1.807) is 7.11 Å². The molecule has 0 aliphatic carbocycles. The maximum Gasteiger partial charge on any atom is 0.144 e. The molecule has 2 fully saturated rings. The Hall–Kier alpha value is -1.38. The molecule has 104 valence electrons. The molecule has 0 N–H and O–H groups in total. The van der Waals surface area contributed by atoms with Crippen LogP contribution in [0.2, 0.25) is 0 Å². The first kappa shape index (κ1) is 12.6. The van der Waals surface area contributed by atoms with Crippen molar-refractivity contribution < 1.29 is 4.74 Å². The summed E-state index contributed by atoms with van der Waals surface area (Å²) in [4.78, 5) is 4.93. The van der Waals surface area contributed by atoms with E-state index in [1.807, 2.05) is 0 Å². The Labute approximate surface area is 116 Å². The molecule has 3 rings (SSSR count). The van der Waals surface area contributed by atoms with Crippen LogP contribution in [0.15, 0.2) is 18.2 Å². The van der Waals surface area contributed by atoms with Crippen LogP contribution in [0, 0.1) is 0 Å². The highest BCUT2D eigenvalue weighted by Gasteiger charge is 2.18. The van der Waals surface area contributed by atoms with E-state index in [1.165, 1.54) is 69.7 Å². The van der Waals surface area contributed by atoms with Gasteiger partial charge in [-0.2, -0.15) is 0 Å². The molecule has 3 nitrogen and oxygen atoms in total. The molecule has 0 spiro atoms. The van der Waals surface area contributed by atoms with Gasteiger partial charge in [-0.25, -0.2) is 0 Å². The van der Waals surface area contributed by atoms with Gasteiger partial charge in [-0.1, -0.05) is 0 Å². The number of nitrogens with zero attached hydrogens (tertiary/aromatic N) is 2. The first-order valence-corrected chi connectivity index (χ1v) is 7.56. The lowest BCUT2D eigenvalue weighted by Crippen LogP contribution is -2.29. The summed E-state index contributed by atoms with van der Waals surface area (Å²) in [6.45, 7) is 4.71. The van der Waals surface area contributed by atoms with Gasteiger partial charge in [-0.15, -0.1) is 0 Å². The SMILES string of the molecule is COc1cc(N2CCCCC2)ccc1N1CCCC1. The number of rotatable bonds is 3. The summed E-state index contributed by atoms with van der Waals surface area (Å²) in [6.07, 6.45) is 6.61. The molecule has 19 heavy (non-hydrogen) atoms. The molecule has 2 aliphatic heterocycles. The molecule has 1 aromatic carbocycles. The standard InChI is InChI=1S/C16H24N2O/c1-19-16-13-14(17-9-3-2-4-10-17)7-8-15(16)18-11-5-6-12-18/h7-8,13H,2-6,9-12H2,1H3. The van der Waals surface area contributed by atoms with Crippen LogP contribution in [0.25, 0.3) is 0 Å². The number of benzene rings is 1. The molecule has 0 atom stereocenters.